The number of methoxy groups -OCH3 is 1. The van der Waals surface area contributed by atoms with Gasteiger partial charge >= 0.3 is 0 Å². The summed E-state index contributed by atoms with van der Waals surface area (Å²) >= 11 is 1.65. The van der Waals surface area contributed by atoms with Crippen LogP contribution in [0.4, 0.5) is 5.82 Å². The molecule has 1 heterocycles. The quantitative estimate of drug-likeness (QED) is 0.610. The molecule has 0 saturated carbocycles. The highest BCUT2D eigenvalue weighted by atomic mass is 32.2. The van der Waals surface area contributed by atoms with Gasteiger partial charge in [0.2, 0.25) is 5.91 Å². The fourth-order valence-electron chi connectivity index (χ4n) is 2.46. The van der Waals surface area contributed by atoms with E-state index in [4.69, 9.17) is 4.74 Å². The van der Waals surface area contributed by atoms with Gasteiger partial charge in [0.15, 0.2) is 0 Å². The molecule has 1 amide bonds. The maximum Gasteiger partial charge on any atom is 0.226 e. The average Bonchev–Trinajstić information content (AvgIpc) is 3.09. The van der Waals surface area contributed by atoms with E-state index in [1.54, 1.807) is 29.8 Å². The summed E-state index contributed by atoms with van der Waals surface area (Å²) in [5.41, 5.74) is 1.14. The van der Waals surface area contributed by atoms with E-state index in [1.165, 1.54) is 0 Å². The van der Waals surface area contributed by atoms with E-state index >= 15 is 0 Å². The van der Waals surface area contributed by atoms with Gasteiger partial charge in [-0.3, -0.25) is 4.79 Å². The number of rotatable bonds is 8. The molecule has 3 aromatic rings. The number of hydrogen-bond acceptors (Lipinski definition) is 4. The second-order valence-electron chi connectivity index (χ2n) is 5.68. The van der Waals surface area contributed by atoms with Crippen LogP contribution in [0.5, 0.6) is 5.75 Å². The second kappa shape index (κ2) is 9.10. The van der Waals surface area contributed by atoms with Gasteiger partial charge in [-0.25, -0.2) is 4.68 Å². The molecule has 0 bridgehead atoms. The molecule has 3 rings (SSSR count). The van der Waals surface area contributed by atoms with Gasteiger partial charge in [-0.05, 0) is 29.8 Å². The Morgan fingerprint density at radius 2 is 1.88 bits per heavy atom. The molecular formula is C20H21N3O2S. The lowest BCUT2D eigenvalue weighted by Gasteiger charge is -2.09. The highest BCUT2D eigenvalue weighted by Gasteiger charge is 2.08. The Hall–Kier alpha value is -2.73. The molecule has 0 atom stereocenters. The SMILES string of the molecule is COc1ccc(SCCC(=O)Nc2ccnn2Cc2ccccc2)cc1. The minimum atomic E-state index is -0.0131. The molecular weight excluding hydrogens is 346 g/mol. The first-order valence-electron chi connectivity index (χ1n) is 8.37. The zero-order valence-electron chi connectivity index (χ0n) is 14.6. The van der Waals surface area contributed by atoms with Crippen molar-refractivity contribution in [1.29, 1.82) is 0 Å². The number of benzene rings is 2. The van der Waals surface area contributed by atoms with E-state index < -0.39 is 0 Å². The van der Waals surface area contributed by atoms with Crippen LogP contribution in [-0.4, -0.2) is 28.6 Å². The smallest absolute Gasteiger partial charge is 0.226 e. The fourth-order valence-corrected chi connectivity index (χ4v) is 3.31. The number of aromatic nitrogens is 2. The molecule has 0 aliphatic carbocycles. The minimum absolute atomic E-state index is 0.0131. The largest absolute Gasteiger partial charge is 0.497 e. The van der Waals surface area contributed by atoms with Gasteiger partial charge in [0, 0.05) is 23.1 Å². The van der Waals surface area contributed by atoms with Gasteiger partial charge in [0.25, 0.3) is 0 Å². The lowest BCUT2D eigenvalue weighted by molar-refractivity contribution is -0.115. The van der Waals surface area contributed by atoms with Gasteiger partial charge in [0.05, 0.1) is 19.9 Å². The second-order valence-corrected chi connectivity index (χ2v) is 6.85. The Morgan fingerprint density at radius 3 is 2.62 bits per heavy atom. The molecule has 0 spiro atoms. The van der Waals surface area contributed by atoms with Gasteiger partial charge in [-0.15, -0.1) is 11.8 Å². The molecule has 5 nitrogen and oxygen atoms in total. The van der Waals surface area contributed by atoms with Crippen molar-refractivity contribution in [2.24, 2.45) is 0 Å². The van der Waals surface area contributed by atoms with Crippen LogP contribution in [0.2, 0.25) is 0 Å². The zero-order valence-corrected chi connectivity index (χ0v) is 15.4. The number of carbonyl (C=O) groups excluding carboxylic acids is 1. The Balaban J connectivity index is 1.48. The number of ether oxygens (including phenoxy) is 1. The summed E-state index contributed by atoms with van der Waals surface area (Å²) in [4.78, 5) is 13.3. The molecule has 0 fully saturated rings. The summed E-state index contributed by atoms with van der Waals surface area (Å²) in [7, 11) is 1.65. The lowest BCUT2D eigenvalue weighted by atomic mass is 10.2. The zero-order chi connectivity index (χ0) is 18.2. The van der Waals surface area contributed by atoms with Crippen molar-refractivity contribution in [3.8, 4) is 5.75 Å². The summed E-state index contributed by atoms with van der Waals surface area (Å²) in [6, 6.07) is 19.7. The number of carbonyl (C=O) groups is 1. The van der Waals surface area contributed by atoms with E-state index in [0.29, 0.717) is 24.5 Å². The van der Waals surface area contributed by atoms with Gasteiger partial charge in [0.1, 0.15) is 11.6 Å². The van der Waals surface area contributed by atoms with Crippen LogP contribution < -0.4 is 10.1 Å². The van der Waals surface area contributed by atoms with E-state index in [1.807, 2.05) is 60.7 Å². The van der Waals surface area contributed by atoms with Crippen molar-refractivity contribution in [3.05, 3.63) is 72.4 Å². The third-order valence-electron chi connectivity index (χ3n) is 3.82. The number of anilines is 1. The van der Waals surface area contributed by atoms with Gasteiger partial charge in [-0.1, -0.05) is 30.3 Å². The molecule has 0 saturated heterocycles. The van der Waals surface area contributed by atoms with Gasteiger partial charge in [-0.2, -0.15) is 5.10 Å². The van der Waals surface area contributed by atoms with E-state index in [0.717, 1.165) is 16.2 Å². The summed E-state index contributed by atoms with van der Waals surface area (Å²) in [5.74, 6) is 2.25. The van der Waals surface area contributed by atoms with Crippen molar-refractivity contribution < 1.29 is 9.53 Å². The molecule has 0 aliphatic rings. The topological polar surface area (TPSA) is 56.1 Å². The third kappa shape index (κ3) is 5.13. The Morgan fingerprint density at radius 1 is 1.12 bits per heavy atom. The van der Waals surface area contributed by atoms with Crippen LogP contribution in [0.3, 0.4) is 0 Å². The maximum absolute atomic E-state index is 12.2. The standard InChI is InChI=1S/C20H21N3O2S/c1-25-17-7-9-18(10-8-17)26-14-12-20(24)22-19-11-13-21-23(19)15-16-5-3-2-4-6-16/h2-11,13H,12,14-15H2,1H3,(H,22,24). The van der Waals surface area contributed by atoms with E-state index in [2.05, 4.69) is 10.4 Å². The number of hydrogen-bond donors (Lipinski definition) is 1. The van der Waals surface area contributed by atoms with Crippen LogP contribution in [0.25, 0.3) is 0 Å². The number of thioether (sulfide) groups is 1. The average molecular weight is 367 g/mol. The summed E-state index contributed by atoms with van der Waals surface area (Å²) in [6.45, 7) is 0.629. The normalized spacial score (nSPS) is 10.5. The predicted octanol–water partition coefficient (Wildman–Crippen LogP) is 4.06. The number of nitrogens with one attached hydrogen (secondary N) is 1. The molecule has 0 aliphatic heterocycles. The lowest BCUT2D eigenvalue weighted by Crippen LogP contribution is -2.16. The summed E-state index contributed by atoms with van der Waals surface area (Å²) < 4.78 is 6.94. The molecule has 0 radical (unpaired) electrons. The monoisotopic (exact) mass is 367 g/mol. The Bertz CT molecular complexity index is 832. The first-order valence-corrected chi connectivity index (χ1v) is 9.35. The van der Waals surface area contributed by atoms with E-state index in [-0.39, 0.29) is 5.91 Å². The molecule has 134 valence electrons. The van der Waals surface area contributed by atoms with Gasteiger partial charge < -0.3 is 10.1 Å². The first kappa shape index (κ1) is 18.1. The van der Waals surface area contributed by atoms with Crippen molar-refractivity contribution in [2.45, 2.75) is 17.9 Å². The molecule has 26 heavy (non-hydrogen) atoms. The highest BCUT2D eigenvalue weighted by molar-refractivity contribution is 7.99. The Labute approximate surface area is 157 Å². The molecule has 2 aromatic carbocycles. The van der Waals surface area contributed by atoms with Crippen molar-refractivity contribution in [1.82, 2.24) is 9.78 Å². The van der Waals surface area contributed by atoms with Crippen LogP contribution in [0, 0.1) is 0 Å². The highest BCUT2D eigenvalue weighted by Crippen LogP contribution is 2.22. The van der Waals surface area contributed by atoms with Crippen molar-refractivity contribution in [3.63, 3.8) is 0 Å². The van der Waals surface area contributed by atoms with Crippen LogP contribution in [0.1, 0.15) is 12.0 Å². The number of amides is 1. The molecule has 6 heteroatoms. The summed E-state index contributed by atoms with van der Waals surface area (Å²) in [5, 5.41) is 7.24. The summed E-state index contributed by atoms with van der Waals surface area (Å²) in [6.07, 6.45) is 2.14. The molecule has 1 N–H and O–H groups in total. The Kier molecular flexibility index (Phi) is 6.33. The number of nitrogens with zero attached hydrogens (tertiary/aromatic N) is 2. The molecule has 0 unspecified atom stereocenters. The van der Waals surface area contributed by atoms with Crippen LogP contribution in [-0.2, 0) is 11.3 Å². The predicted molar refractivity (Wildman–Crippen MR) is 105 cm³/mol. The third-order valence-corrected chi connectivity index (χ3v) is 4.83. The minimum Gasteiger partial charge on any atom is -0.497 e. The van der Waals surface area contributed by atoms with Crippen molar-refractivity contribution >= 4 is 23.5 Å². The fraction of sp³-hybridized carbons (Fsp3) is 0.200. The first-order chi connectivity index (χ1) is 12.7. The maximum atomic E-state index is 12.2. The molecule has 1 aromatic heterocycles. The van der Waals surface area contributed by atoms with Crippen LogP contribution >= 0.6 is 11.8 Å². The van der Waals surface area contributed by atoms with E-state index in [9.17, 15) is 4.79 Å². The van der Waals surface area contributed by atoms with Crippen molar-refractivity contribution in [2.75, 3.05) is 18.2 Å². The van der Waals surface area contributed by atoms with Crippen LogP contribution in [0.15, 0.2) is 71.8 Å².